The number of likely N-dealkylation sites (tertiary alicyclic amines) is 3. The number of benzene rings is 1. The Morgan fingerprint density at radius 3 is 2.28 bits per heavy atom. The number of hydrogen-bond acceptors (Lipinski definition) is 5. The number of rotatable bonds is 3. The third-order valence-electron chi connectivity index (χ3n) is 6.47. The molecule has 1 aromatic carbocycles. The highest BCUT2D eigenvalue weighted by Gasteiger charge is 2.56. The van der Waals surface area contributed by atoms with Crippen LogP contribution in [-0.2, 0) is 26.9 Å². The summed E-state index contributed by atoms with van der Waals surface area (Å²) in [5, 5.41) is 2.92. The van der Waals surface area contributed by atoms with Gasteiger partial charge in [-0.1, -0.05) is 12.1 Å². The molecule has 174 valence electrons. The van der Waals surface area contributed by atoms with Crippen LogP contribution in [0.1, 0.15) is 5.56 Å². The van der Waals surface area contributed by atoms with Gasteiger partial charge in [0.05, 0.1) is 12.1 Å². The molecule has 4 aliphatic heterocycles. The summed E-state index contributed by atoms with van der Waals surface area (Å²) in [6, 6.07) is 5.66. The van der Waals surface area contributed by atoms with Crippen molar-refractivity contribution in [1.82, 2.24) is 20.0 Å². The van der Waals surface area contributed by atoms with Gasteiger partial charge in [-0.2, -0.15) is 13.2 Å². The van der Waals surface area contributed by atoms with Crippen LogP contribution in [-0.4, -0.2) is 94.4 Å². The average molecular weight is 472 g/mol. The normalized spacial score (nSPS) is 25.0. The summed E-state index contributed by atoms with van der Waals surface area (Å²) in [5.74, 6) is -0.149. The maximum Gasteiger partial charge on any atom is 0.475 e. The third-order valence-corrected chi connectivity index (χ3v) is 7.59. The van der Waals surface area contributed by atoms with Gasteiger partial charge in [0.2, 0.25) is 5.91 Å². The first kappa shape index (κ1) is 21.7. The summed E-state index contributed by atoms with van der Waals surface area (Å²) >= 11 is 0. The van der Waals surface area contributed by atoms with E-state index in [0.29, 0.717) is 39.3 Å². The number of ether oxygens (including phenoxy) is 1. The summed E-state index contributed by atoms with van der Waals surface area (Å²) in [6.07, 6.45) is 0. The van der Waals surface area contributed by atoms with Crippen molar-refractivity contribution in [2.45, 2.75) is 22.5 Å². The number of alkyl halides is 3. The van der Waals surface area contributed by atoms with Crippen LogP contribution in [0.5, 0.6) is 0 Å². The van der Waals surface area contributed by atoms with Gasteiger partial charge in [0.1, 0.15) is 6.61 Å². The second kappa shape index (κ2) is 7.42. The number of halogens is 3. The molecule has 0 bridgehead atoms. The maximum absolute atomic E-state index is 12.7. The summed E-state index contributed by atoms with van der Waals surface area (Å²) < 4.78 is 54.3. The molecule has 3 amide bonds. The highest BCUT2D eigenvalue weighted by molar-refractivity contribution is 7.86. The molecule has 4 fully saturated rings. The molecule has 4 saturated heterocycles. The standard InChI is InChI=1S/C20H23F3N4O4S/c21-20(22,23)32(30)15-3-1-14(2-4-15)5-25-7-18(8-25)9-26(10-18)17(29)27-11-19(12-27)13-31-6-16(28)24-19/h1-4H,5-13H2,(H,24,28). The van der Waals surface area contributed by atoms with Crippen LogP contribution in [0, 0.1) is 5.41 Å². The van der Waals surface area contributed by atoms with Crippen LogP contribution >= 0.6 is 0 Å². The zero-order valence-corrected chi connectivity index (χ0v) is 18.0. The van der Waals surface area contributed by atoms with Crippen LogP contribution in [0.15, 0.2) is 29.2 Å². The maximum atomic E-state index is 12.7. The second-order valence-corrected chi connectivity index (χ2v) is 10.8. The molecule has 2 spiro atoms. The van der Waals surface area contributed by atoms with Crippen molar-refractivity contribution in [3.05, 3.63) is 29.8 Å². The lowest BCUT2D eigenvalue weighted by Gasteiger charge is -2.62. The minimum Gasteiger partial charge on any atom is -0.369 e. The Hall–Kier alpha value is -2.18. The Labute approximate surface area is 185 Å². The van der Waals surface area contributed by atoms with E-state index < -0.39 is 21.8 Å². The van der Waals surface area contributed by atoms with Crippen molar-refractivity contribution < 1.29 is 31.7 Å². The van der Waals surface area contributed by atoms with Gasteiger partial charge in [-0.15, -0.1) is 0 Å². The Bertz CT molecular complexity index is 951. The topological polar surface area (TPSA) is 82.2 Å². The number of carbonyl (C=O) groups is 2. The molecule has 12 heteroatoms. The molecule has 5 rings (SSSR count). The van der Waals surface area contributed by atoms with Crippen LogP contribution < -0.4 is 5.32 Å². The van der Waals surface area contributed by atoms with E-state index in [1.165, 1.54) is 12.1 Å². The molecule has 0 radical (unpaired) electrons. The van der Waals surface area contributed by atoms with E-state index in [0.717, 1.165) is 18.7 Å². The van der Waals surface area contributed by atoms with Crippen molar-refractivity contribution in [1.29, 1.82) is 0 Å². The van der Waals surface area contributed by atoms with Gasteiger partial charge in [0, 0.05) is 56.1 Å². The predicted octanol–water partition coefficient (Wildman–Crippen LogP) is 0.752. The molecule has 0 aromatic heterocycles. The van der Waals surface area contributed by atoms with Gasteiger partial charge in [-0.05, 0) is 17.7 Å². The largest absolute Gasteiger partial charge is 0.475 e. The van der Waals surface area contributed by atoms with Gasteiger partial charge in [0.25, 0.3) is 0 Å². The van der Waals surface area contributed by atoms with Crippen LogP contribution in [0.3, 0.4) is 0 Å². The number of hydrogen-bond donors (Lipinski definition) is 1. The number of nitrogens with one attached hydrogen (secondary N) is 1. The quantitative estimate of drug-likeness (QED) is 0.703. The number of nitrogens with zero attached hydrogens (tertiary/aromatic N) is 3. The van der Waals surface area contributed by atoms with Crippen molar-refractivity contribution >= 4 is 22.7 Å². The van der Waals surface area contributed by atoms with E-state index in [-0.39, 0.29) is 28.9 Å². The lowest BCUT2D eigenvalue weighted by Crippen LogP contribution is -2.79. The molecule has 0 saturated carbocycles. The van der Waals surface area contributed by atoms with Crippen molar-refractivity contribution in [3.63, 3.8) is 0 Å². The lowest BCUT2D eigenvalue weighted by atomic mass is 9.72. The average Bonchev–Trinajstić information content (AvgIpc) is 2.65. The first-order valence-electron chi connectivity index (χ1n) is 10.3. The zero-order valence-electron chi connectivity index (χ0n) is 17.2. The second-order valence-electron chi connectivity index (χ2n) is 9.32. The molecule has 1 N–H and O–H groups in total. The summed E-state index contributed by atoms with van der Waals surface area (Å²) in [7, 11) is -3.01. The highest BCUT2D eigenvalue weighted by atomic mass is 32.2. The van der Waals surface area contributed by atoms with Crippen molar-refractivity contribution in [2.24, 2.45) is 5.41 Å². The minimum atomic E-state index is -4.76. The Kier molecular flexibility index (Phi) is 5.02. The van der Waals surface area contributed by atoms with E-state index in [9.17, 15) is 27.0 Å². The fraction of sp³-hybridized carbons (Fsp3) is 0.600. The molecular formula is C20H23F3N4O4S. The first-order valence-corrected chi connectivity index (χ1v) is 11.4. The van der Waals surface area contributed by atoms with Gasteiger partial charge in [-0.25, -0.2) is 9.00 Å². The fourth-order valence-electron chi connectivity index (χ4n) is 5.12. The zero-order chi connectivity index (χ0) is 22.7. The molecule has 1 unspecified atom stereocenters. The minimum absolute atomic E-state index is 0.0206. The molecule has 4 heterocycles. The van der Waals surface area contributed by atoms with Crippen LogP contribution in [0.2, 0.25) is 0 Å². The van der Waals surface area contributed by atoms with Gasteiger partial charge in [-0.3, -0.25) is 9.69 Å². The van der Waals surface area contributed by atoms with E-state index in [1.807, 2.05) is 4.90 Å². The van der Waals surface area contributed by atoms with E-state index in [1.54, 1.807) is 17.0 Å². The number of amides is 3. The Balaban J connectivity index is 1.06. The molecule has 8 nitrogen and oxygen atoms in total. The van der Waals surface area contributed by atoms with Crippen LogP contribution in [0.25, 0.3) is 0 Å². The molecule has 32 heavy (non-hydrogen) atoms. The number of urea groups is 1. The smallest absolute Gasteiger partial charge is 0.369 e. The molecule has 1 atom stereocenters. The lowest BCUT2D eigenvalue weighted by molar-refractivity contribution is -0.143. The van der Waals surface area contributed by atoms with Gasteiger partial charge < -0.3 is 19.9 Å². The molecule has 4 aliphatic rings. The van der Waals surface area contributed by atoms with Crippen molar-refractivity contribution in [2.75, 3.05) is 52.5 Å². The van der Waals surface area contributed by atoms with Gasteiger partial charge in [0.15, 0.2) is 10.8 Å². The highest BCUT2D eigenvalue weighted by Crippen LogP contribution is 2.41. The summed E-state index contributed by atoms with van der Waals surface area (Å²) in [5.41, 5.74) is -4.26. The number of carbonyl (C=O) groups excluding carboxylic acids is 2. The Morgan fingerprint density at radius 1 is 1.06 bits per heavy atom. The number of morpholine rings is 1. The summed E-state index contributed by atoms with van der Waals surface area (Å²) in [6.45, 7) is 5.01. The molecular weight excluding hydrogens is 449 g/mol. The molecule has 1 aromatic rings. The van der Waals surface area contributed by atoms with Gasteiger partial charge >= 0.3 is 11.5 Å². The predicted molar refractivity (Wildman–Crippen MR) is 107 cm³/mol. The van der Waals surface area contributed by atoms with Crippen molar-refractivity contribution in [3.8, 4) is 0 Å². The monoisotopic (exact) mass is 472 g/mol. The fourth-order valence-corrected chi connectivity index (χ4v) is 5.77. The molecule has 0 aliphatic carbocycles. The van der Waals surface area contributed by atoms with E-state index in [2.05, 4.69) is 10.2 Å². The first-order chi connectivity index (χ1) is 15.1. The van der Waals surface area contributed by atoms with E-state index >= 15 is 0 Å². The SMILES string of the molecule is O=C1COCC2(CN(C(=O)N3CC4(CN(Cc5ccc(S(=O)C(F)(F)F)cc5)C4)C3)C2)N1. The van der Waals surface area contributed by atoms with E-state index in [4.69, 9.17) is 4.74 Å². The van der Waals surface area contributed by atoms with Crippen LogP contribution in [0.4, 0.5) is 18.0 Å². The third kappa shape index (κ3) is 3.88. The Morgan fingerprint density at radius 2 is 1.69 bits per heavy atom. The summed E-state index contributed by atoms with van der Waals surface area (Å²) in [4.78, 5) is 29.6.